The van der Waals surface area contributed by atoms with E-state index in [4.69, 9.17) is 0 Å². The summed E-state index contributed by atoms with van der Waals surface area (Å²) in [6.45, 7) is 14.8. The van der Waals surface area contributed by atoms with Gasteiger partial charge in [-0.3, -0.25) is 4.79 Å². The van der Waals surface area contributed by atoms with Gasteiger partial charge in [-0.05, 0) is 38.8 Å². The molecule has 0 fully saturated rings. The van der Waals surface area contributed by atoms with Crippen molar-refractivity contribution in [2.45, 2.75) is 33.4 Å². The average molecular weight is 355 g/mol. The average Bonchev–Trinajstić information content (AvgIpc) is 2.20. The van der Waals surface area contributed by atoms with Gasteiger partial charge in [-0.25, -0.2) is 0 Å². The molecule has 1 N–H and O–H groups in total. The first-order valence-corrected chi connectivity index (χ1v) is 9.52. The molecule has 1 aromatic carbocycles. The summed E-state index contributed by atoms with van der Waals surface area (Å²) in [5.41, 5.74) is 4.59. The Kier molecular flexibility index (Phi) is 7.38. The first-order chi connectivity index (χ1) is 8.12. The minimum Gasteiger partial charge on any atom is -0.322 e. The fourth-order valence-corrected chi connectivity index (χ4v) is 2.72. The Morgan fingerprint density at radius 2 is 1.53 bits per heavy atom. The molecule has 2 nitrogen and oxygen atoms in total. The molecule has 0 aliphatic heterocycles. The Hall–Kier alpha value is 0.224. The summed E-state index contributed by atoms with van der Waals surface area (Å²) in [5.74, 6) is 0.144. The Balaban J connectivity index is 0.00000324. The first-order valence-electron chi connectivity index (χ1n) is 6.32. The summed E-state index contributed by atoms with van der Waals surface area (Å²) in [7, 11) is -1.15. The van der Waals surface area contributed by atoms with E-state index in [1.807, 2.05) is 20.8 Å². The third kappa shape index (κ3) is 5.25. The minimum absolute atomic E-state index is 0. The summed E-state index contributed by atoms with van der Waals surface area (Å²) in [4.78, 5) is 12.3. The van der Waals surface area contributed by atoms with Gasteiger partial charge < -0.3 is 5.32 Å². The van der Waals surface area contributed by atoms with Gasteiger partial charge in [0.25, 0.3) is 5.91 Å². The van der Waals surface area contributed by atoms with E-state index in [1.54, 1.807) is 0 Å². The van der Waals surface area contributed by atoms with Crippen molar-refractivity contribution in [3.63, 3.8) is 0 Å². The van der Waals surface area contributed by atoms with Crippen LogP contribution in [0.3, 0.4) is 0 Å². The van der Waals surface area contributed by atoms with E-state index in [9.17, 15) is 4.79 Å². The summed E-state index contributed by atoms with van der Waals surface area (Å²) in [6, 6.07) is 4.22. The Morgan fingerprint density at radius 3 is 1.89 bits per heavy atom. The van der Waals surface area contributed by atoms with Gasteiger partial charge in [0, 0.05) is 65.7 Å². The Labute approximate surface area is 143 Å². The van der Waals surface area contributed by atoms with E-state index in [2.05, 4.69) is 44.4 Å². The van der Waals surface area contributed by atoms with Gasteiger partial charge in [0.05, 0.1) is 0 Å². The number of carbonyl (C=O) groups is 1. The zero-order valence-electron chi connectivity index (χ0n) is 13.2. The molecule has 1 radical (unpaired) electrons. The van der Waals surface area contributed by atoms with Crippen molar-refractivity contribution < 1.29 is 37.5 Å². The minimum atomic E-state index is -1.15. The number of carbonyl (C=O) groups excluding carboxylic acids is 1. The molecule has 0 bridgehead atoms. The molecule has 1 amide bonds. The van der Waals surface area contributed by atoms with Crippen LogP contribution < -0.4 is 5.32 Å². The van der Waals surface area contributed by atoms with Crippen LogP contribution in [0.1, 0.15) is 23.6 Å². The van der Waals surface area contributed by atoms with E-state index in [-0.39, 0.29) is 44.3 Å². The normalized spacial score (nSPS) is 12.6. The smallest absolute Gasteiger partial charge is 0.264 e. The number of rotatable bonds is 3. The monoisotopic (exact) mass is 355 g/mol. The number of anilines is 1. The summed E-state index contributed by atoms with van der Waals surface area (Å²) in [5, 5.41) is 3.10. The second-order valence-corrected chi connectivity index (χ2v) is 11.1. The third-order valence-corrected chi connectivity index (χ3v) is 6.02. The van der Waals surface area contributed by atoms with Crippen LogP contribution in [0.5, 0.6) is 0 Å². The molecular weight excluding hydrogens is 330 g/mol. The quantitative estimate of drug-likeness (QED) is 0.820. The van der Waals surface area contributed by atoms with E-state index in [0.717, 1.165) is 16.8 Å². The largest absolute Gasteiger partial charge is 0.322 e. The van der Waals surface area contributed by atoms with Gasteiger partial charge >= 0.3 is 0 Å². The second kappa shape index (κ2) is 7.29. The van der Waals surface area contributed by atoms with Crippen LogP contribution in [0, 0.1) is 20.8 Å². The molecule has 0 heterocycles. The number of benzene rings is 1. The van der Waals surface area contributed by atoms with Gasteiger partial charge in [0.1, 0.15) is 5.66 Å². The van der Waals surface area contributed by atoms with Crippen molar-refractivity contribution in [2.24, 2.45) is 0 Å². The van der Waals surface area contributed by atoms with E-state index in [0.29, 0.717) is 0 Å². The van der Waals surface area contributed by atoms with Crippen LogP contribution in [0.2, 0.25) is 0 Å². The molecule has 1 atom stereocenters. The van der Waals surface area contributed by atoms with Gasteiger partial charge in [0.2, 0.25) is 0 Å². The molecule has 103 valence electrons. The predicted molar refractivity (Wildman–Crippen MR) is 83.4 cm³/mol. The van der Waals surface area contributed by atoms with E-state index >= 15 is 0 Å². The molecule has 19 heavy (non-hydrogen) atoms. The van der Waals surface area contributed by atoms with Gasteiger partial charge in [-0.15, -0.1) is 0 Å². The molecule has 0 saturated carbocycles. The van der Waals surface area contributed by atoms with Crippen LogP contribution in [0.4, 0.5) is 5.69 Å². The molecule has 0 aliphatic carbocycles. The zero-order chi connectivity index (χ0) is 14.1. The van der Waals surface area contributed by atoms with Crippen LogP contribution in [-0.4, -0.2) is 31.6 Å². The first kappa shape index (κ1) is 19.2. The van der Waals surface area contributed by atoms with Crippen molar-refractivity contribution in [1.29, 1.82) is 0 Å². The predicted octanol–water partition coefficient (Wildman–Crippen LogP) is 3.84. The molecule has 1 rings (SSSR count). The second-order valence-electron chi connectivity index (χ2n) is 6.06. The van der Waals surface area contributed by atoms with Gasteiger partial charge in [-0.2, -0.15) is 0 Å². The number of hydrogen-bond donors (Lipinski definition) is 1. The molecule has 0 aliphatic rings. The van der Waals surface area contributed by atoms with Crippen LogP contribution in [0.15, 0.2) is 12.1 Å². The summed E-state index contributed by atoms with van der Waals surface area (Å²) >= 11 is 0. The standard InChI is InChI=1S/C15H24NOP.Y/c1-10-8-11(2)14(12(3)9-10)16-15(17)13(4)18(5,6)7;/h8-9,13H,1-7H3;/p+1. The molecular formula is C15H25NOPY+. The maximum atomic E-state index is 12.3. The van der Waals surface area contributed by atoms with Crippen molar-refractivity contribution >= 4 is 18.9 Å². The van der Waals surface area contributed by atoms with Crippen LogP contribution in [0.25, 0.3) is 0 Å². The van der Waals surface area contributed by atoms with Crippen molar-refractivity contribution in [3.05, 3.63) is 28.8 Å². The van der Waals surface area contributed by atoms with Gasteiger partial charge in [0.15, 0.2) is 0 Å². The molecule has 0 saturated heterocycles. The maximum absolute atomic E-state index is 12.3. The number of hydrogen-bond acceptors (Lipinski definition) is 1. The summed E-state index contributed by atoms with van der Waals surface area (Å²) in [6.07, 6.45) is 0. The molecule has 0 spiro atoms. The maximum Gasteiger partial charge on any atom is 0.264 e. The number of nitrogens with one attached hydrogen (secondary N) is 1. The van der Waals surface area contributed by atoms with Crippen LogP contribution in [-0.2, 0) is 37.5 Å². The van der Waals surface area contributed by atoms with Crippen molar-refractivity contribution in [3.8, 4) is 0 Å². The number of aryl methyl sites for hydroxylation is 3. The zero-order valence-corrected chi connectivity index (χ0v) is 16.9. The SMILES string of the molecule is Cc1cc(C)c(NC(=O)C(C)[P+](C)(C)C)c(C)c1.[Y]. The third-order valence-electron chi connectivity index (χ3n) is 3.47. The Bertz CT molecular complexity index is 443. The van der Waals surface area contributed by atoms with Crippen LogP contribution >= 0.6 is 7.26 Å². The summed E-state index contributed by atoms with van der Waals surface area (Å²) < 4.78 is 0. The molecule has 1 unspecified atom stereocenters. The fraction of sp³-hybridized carbons (Fsp3) is 0.533. The van der Waals surface area contributed by atoms with Crippen molar-refractivity contribution in [2.75, 3.05) is 25.3 Å². The van der Waals surface area contributed by atoms with Crippen molar-refractivity contribution in [1.82, 2.24) is 0 Å². The van der Waals surface area contributed by atoms with Gasteiger partial charge in [-0.1, -0.05) is 17.7 Å². The molecule has 0 aromatic heterocycles. The topological polar surface area (TPSA) is 29.1 Å². The Morgan fingerprint density at radius 1 is 1.11 bits per heavy atom. The molecule has 4 heteroatoms. The van der Waals surface area contributed by atoms with E-state index < -0.39 is 7.26 Å². The number of amides is 1. The van der Waals surface area contributed by atoms with E-state index in [1.165, 1.54) is 5.56 Å². The fourth-order valence-electron chi connectivity index (χ4n) is 1.96. The molecule has 1 aromatic rings.